The van der Waals surface area contributed by atoms with E-state index >= 15 is 0 Å². The van der Waals surface area contributed by atoms with Crippen LogP contribution in [0.25, 0.3) is 0 Å². The van der Waals surface area contributed by atoms with Crippen molar-refractivity contribution in [2.24, 2.45) is 11.8 Å². The molecular weight excluding hydrogens is 304 g/mol. The van der Waals surface area contributed by atoms with Gasteiger partial charge in [0.05, 0.1) is 12.2 Å². The number of rotatable bonds is 13. The number of carboxylic acid groups (broad SMARTS) is 1. The zero-order valence-electron chi connectivity index (χ0n) is 15.1. The van der Waals surface area contributed by atoms with Gasteiger partial charge in [-0.1, -0.05) is 51.2 Å². The second kappa shape index (κ2) is 10.9. The molecule has 0 radical (unpaired) electrons. The Balaban J connectivity index is 1.62. The molecule has 0 unspecified atom stereocenters. The molecule has 1 aliphatic heterocycles. The summed E-state index contributed by atoms with van der Waals surface area (Å²) in [4.78, 5) is 21.5. The minimum atomic E-state index is -0.703. The molecule has 0 spiro atoms. The Morgan fingerprint density at radius 2 is 1.71 bits per heavy atom. The number of hydrogen-bond donors (Lipinski definition) is 1. The number of aliphatic carboxylic acids is 1. The zero-order valence-corrected chi connectivity index (χ0v) is 15.1. The van der Waals surface area contributed by atoms with E-state index in [4.69, 9.17) is 14.9 Å². The lowest BCUT2D eigenvalue weighted by atomic mass is 9.86. The number of unbranched alkanes of at least 4 members (excludes halogenated alkanes) is 6. The Hall–Kier alpha value is -0.870. The van der Waals surface area contributed by atoms with E-state index < -0.39 is 5.97 Å². The van der Waals surface area contributed by atoms with Gasteiger partial charge in [0.25, 0.3) is 0 Å². The van der Waals surface area contributed by atoms with Crippen molar-refractivity contribution in [1.82, 2.24) is 0 Å². The van der Waals surface area contributed by atoms with Gasteiger partial charge in [0.2, 0.25) is 0 Å². The molecular formula is C20H34O4. The molecule has 0 aromatic carbocycles. The Kier molecular flexibility index (Phi) is 8.82. The normalized spacial score (nSPS) is 28.9. The van der Waals surface area contributed by atoms with Crippen LogP contribution >= 0.6 is 0 Å². The van der Waals surface area contributed by atoms with Crippen molar-refractivity contribution in [2.75, 3.05) is 0 Å². The lowest BCUT2D eigenvalue weighted by molar-refractivity contribution is -0.341. The molecule has 138 valence electrons. The Morgan fingerprint density at radius 3 is 2.46 bits per heavy atom. The molecule has 0 aromatic rings. The number of allylic oxidation sites excluding steroid dienone is 2. The third-order valence-corrected chi connectivity index (χ3v) is 5.50. The largest absolute Gasteiger partial charge is 0.481 e. The average Bonchev–Trinajstić information content (AvgIpc) is 3.15. The van der Waals surface area contributed by atoms with Gasteiger partial charge in [-0.25, -0.2) is 9.78 Å². The lowest BCUT2D eigenvalue weighted by Gasteiger charge is -2.29. The summed E-state index contributed by atoms with van der Waals surface area (Å²) in [7, 11) is 0. The predicted octanol–water partition coefficient (Wildman–Crippen LogP) is 5.27. The number of hydrogen-bond acceptors (Lipinski definition) is 3. The van der Waals surface area contributed by atoms with Crippen LogP contribution in [0.3, 0.4) is 0 Å². The molecule has 2 fully saturated rings. The first-order valence-electron chi connectivity index (χ1n) is 9.91. The van der Waals surface area contributed by atoms with Gasteiger partial charge in [-0.3, -0.25) is 4.79 Å². The van der Waals surface area contributed by atoms with Crippen molar-refractivity contribution >= 4 is 5.97 Å². The minimum Gasteiger partial charge on any atom is -0.481 e. The zero-order chi connectivity index (χ0) is 17.2. The van der Waals surface area contributed by atoms with Crippen molar-refractivity contribution in [3.05, 3.63) is 12.2 Å². The monoisotopic (exact) mass is 338 g/mol. The van der Waals surface area contributed by atoms with Gasteiger partial charge in [0.15, 0.2) is 0 Å². The van der Waals surface area contributed by atoms with E-state index in [9.17, 15) is 4.79 Å². The number of fused-ring (bicyclic) bond motifs is 2. The first-order chi connectivity index (χ1) is 11.7. The first kappa shape index (κ1) is 19.5. The highest BCUT2D eigenvalue weighted by Gasteiger charge is 2.49. The second-order valence-corrected chi connectivity index (χ2v) is 7.38. The molecule has 2 aliphatic rings. The van der Waals surface area contributed by atoms with Crippen molar-refractivity contribution in [2.45, 2.75) is 96.2 Å². The number of carbonyl (C=O) groups is 1. The highest BCUT2D eigenvalue weighted by molar-refractivity contribution is 5.66. The van der Waals surface area contributed by atoms with Crippen LogP contribution in [0.15, 0.2) is 12.2 Å². The second-order valence-electron chi connectivity index (χ2n) is 7.38. The summed E-state index contributed by atoms with van der Waals surface area (Å²) in [5.74, 6) is 0.255. The fourth-order valence-electron chi connectivity index (χ4n) is 4.12. The molecule has 0 aromatic heterocycles. The molecule has 4 heteroatoms. The molecule has 4 nitrogen and oxygen atoms in total. The van der Waals surface area contributed by atoms with E-state index in [2.05, 4.69) is 19.1 Å². The standard InChI is InChI=1S/C20H34O4/c1-2-3-4-5-6-7-8-9-10-12-16-17(13-11-14-20(21)22)19-15-18(16)23-24-19/h9-10,16-19H,2-8,11-15H2,1H3,(H,21,22)/t16-,17-,18-,19-/m1/s1. The average molecular weight is 338 g/mol. The lowest BCUT2D eigenvalue weighted by Crippen LogP contribution is -2.30. The van der Waals surface area contributed by atoms with Crippen LogP contribution in [0.2, 0.25) is 0 Å². The fraction of sp³-hybridized carbons (Fsp3) is 0.850. The van der Waals surface area contributed by atoms with Gasteiger partial charge in [0.1, 0.15) is 0 Å². The van der Waals surface area contributed by atoms with Gasteiger partial charge in [-0.15, -0.1) is 0 Å². The van der Waals surface area contributed by atoms with E-state index in [-0.39, 0.29) is 18.6 Å². The van der Waals surface area contributed by atoms with Crippen LogP contribution in [0.5, 0.6) is 0 Å². The summed E-state index contributed by atoms with van der Waals surface area (Å²) >= 11 is 0. The summed E-state index contributed by atoms with van der Waals surface area (Å²) in [6.45, 7) is 2.25. The summed E-state index contributed by atoms with van der Waals surface area (Å²) in [5, 5.41) is 8.81. The molecule has 24 heavy (non-hydrogen) atoms. The maximum Gasteiger partial charge on any atom is 0.303 e. The molecule has 1 aliphatic carbocycles. The van der Waals surface area contributed by atoms with Crippen LogP contribution < -0.4 is 0 Å². The Labute approximate surface area is 146 Å². The van der Waals surface area contributed by atoms with Gasteiger partial charge in [-0.2, -0.15) is 0 Å². The van der Waals surface area contributed by atoms with E-state index in [0.717, 1.165) is 25.7 Å². The molecule has 0 amide bonds. The minimum absolute atomic E-state index is 0.181. The van der Waals surface area contributed by atoms with E-state index in [1.165, 1.54) is 44.9 Å². The topological polar surface area (TPSA) is 55.8 Å². The molecule has 2 bridgehead atoms. The first-order valence-corrected chi connectivity index (χ1v) is 9.91. The predicted molar refractivity (Wildman–Crippen MR) is 94.6 cm³/mol. The Morgan fingerprint density at radius 1 is 1.00 bits per heavy atom. The van der Waals surface area contributed by atoms with E-state index in [1.807, 2.05) is 0 Å². The smallest absolute Gasteiger partial charge is 0.303 e. The fourth-order valence-corrected chi connectivity index (χ4v) is 4.12. The van der Waals surface area contributed by atoms with Crippen LogP contribution in [0.1, 0.15) is 84.0 Å². The van der Waals surface area contributed by atoms with Crippen LogP contribution in [-0.2, 0) is 14.6 Å². The maximum absolute atomic E-state index is 10.7. The summed E-state index contributed by atoms with van der Waals surface area (Å²) in [5.41, 5.74) is 0. The third-order valence-electron chi connectivity index (χ3n) is 5.50. The quantitative estimate of drug-likeness (QED) is 0.282. The molecule has 1 saturated carbocycles. The highest BCUT2D eigenvalue weighted by Crippen LogP contribution is 2.46. The molecule has 1 N–H and O–H groups in total. The van der Waals surface area contributed by atoms with Gasteiger partial charge >= 0.3 is 5.97 Å². The van der Waals surface area contributed by atoms with Crippen LogP contribution in [-0.4, -0.2) is 23.3 Å². The summed E-state index contributed by atoms with van der Waals surface area (Å²) < 4.78 is 0. The van der Waals surface area contributed by atoms with E-state index in [1.54, 1.807) is 0 Å². The van der Waals surface area contributed by atoms with E-state index in [0.29, 0.717) is 11.8 Å². The van der Waals surface area contributed by atoms with Crippen molar-refractivity contribution in [3.8, 4) is 0 Å². The Bertz CT molecular complexity index is 393. The van der Waals surface area contributed by atoms with Crippen molar-refractivity contribution < 1.29 is 19.7 Å². The highest BCUT2D eigenvalue weighted by atomic mass is 17.2. The third kappa shape index (κ3) is 6.21. The molecule has 2 rings (SSSR count). The van der Waals surface area contributed by atoms with Gasteiger partial charge in [-0.05, 0) is 43.9 Å². The van der Waals surface area contributed by atoms with Crippen LogP contribution in [0, 0.1) is 11.8 Å². The van der Waals surface area contributed by atoms with Crippen LogP contribution in [0.4, 0.5) is 0 Å². The molecule has 1 heterocycles. The summed E-state index contributed by atoms with van der Waals surface area (Å²) in [6, 6.07) is 0. The maximum atomic E-state index is 10.7. The van der Waals surface area contributed by atoms with Crippen molar-refractivity contribution in [3.63, 3.8) is 0 Å². The number of carboxylic acids is 1. The molecule has 1 saturated heterocycles. The van der Waals surface area contributed by atoms with Crippen molar-refractivity contribution in [1.29, 1.82) is 0 Å². The molecule has 4 atom stereocenters. The van der Waals surface area contributed by atoms with Gasteiger partial charge < -0.3 is 5.11 Å². The summed E-state index contributed by atoms with van der Waals surface area (Å²) in [6.07, 6.45) is 18.2. The SMILES string of the molecule is CCCCCCCCC=CC[C@@H]1[C@@H](CCCC(=O)O)[C@H]2C[C@H]1OO2. The van der Waals surface area contributed by atoms with Gasteiger partial charge in [0, 0.05) is 12.8 Å².